The van der Waals surface area contributed by atoms with Gasteiger partial charge in [-0.25, -0.2) is 0 Å². The van der Waals surface area contributed by atoms with Crippen molar-refractivity contribution in [2.45, 2.75) is 13.0 Å². The van der Waals surface area contributed by atoms with Gasteiger partial charge in [0, 0.05) is 20.0 Å². The number of nitrogens with one attached hydrogen (secondary N) is 2. The van der Waals surface area contributed by atoms with Gasteiger partial charge in [-0.3, -0.25) is 4.79 Å². The molecule has 0 spiro atoms. The summed E-state index contributed by atoms with van der Waals surface area (Å²) in [6, 6.07) is 20.8. The largest absolute Gasteiger partial charge is 0.355 e. The van der Waals surface area contributed by atoms with Crippen molar-refractivity contribution >= 4 is 5.91 Å². The van der Waals surface area contributed by atoms with Crippen LogP contribution in [0.5, 0.6) is 0 Å². The number of carbonyl (C=O) groups excluding carboxylic acids is 1. The van der Waals surface area contributed by atoms with Gasteiger partial charge in [0.05, 0.1) is 6.04 Å². The number of amides is 1. The minimum absolute atomic E-state index is 0.00257. The van der Waals surface area contributed by atoms with Gasteiger partial charge in [-0.2, -0.15) is 0 Å². The number of hydrogen-bond acceptors (Lipinski definition) is 2. The number of benzene rings is 2. The quantitative estimate of drug-likeness (QED) is 0.790. The Morgan fingerprint density at radius 1 is 0.900 bits per heavy atom. The first-order valence-electron chi connectivity index (χ1n) is 6.85. The lowest BCUT2D eigenvalue weighted by Crippen LogP contribution is -2.32. The van der Waals surface area contributed by atoms with Gasteiger partial charge in [-0.1, -0.05) is 60.7 Å². The maximum Gasteiger partial charge on any atom is 0.216 e. The molecule has 0 aromatic heterocycles. The molecule has 2 aromatic rings. The zero-order valence-electron chi connectivity index (χ0n) is 11.7. The molecular formula is C17H20N2O. The summed E-state index contributed by atoms with van der Waals surface area (Å²) in [4.78, 5) is 10.9. The summed E-state index contributed by atoms with van der Waals surface area (Å²) in [6.45, 7) is 2.89. The van der Waals surface area contributed by atoms with Crippen molar-refractivity contribution in [3.8, 4) is 0 Å². The molecule has 0 heterocycles. The van der Waals surface area contributed by atoms with Crippen LogP contribution in [0.25, 0.3) is 0 Å². The zero-order chi connectivity index (χ0) is 14.2. The van der Waals surface area contributed by atoms with Gasteiger partial charge < -0.3 is 10.6 Å². The van der Waals surface area contributed by atoms with E-state index < -0.39 is 0 Å². The Balaban J connectivity index is 2.07. The first-order valence-corrected chi connectivity index (χ1v) is 6.85. The molecule has 0 aliphatic carbocycles. The van der Waals surface area contributed by atoms with Crippen molar-refractivity contribution in [1.29, 1.82) is 0 Å². The summed E-state index contributed by atoms with van der Waals surface area (Å²) >= 11 is 0. The third-order valence-electron chi connectivity index (χ3n) is 3.11. The smallest absolute Gasteiger partial charge is 0.216 e. The van der Waals surface area contributed by atoms with Crippen LogP contribution in [0.3, 0.4) is 0 Å². The molecule has 20 heavy (non-hydrogen) atoms. The number of hydrogen-bond donors (Lipinski definition) is 2. The Kier molecular flexibility index (Phi) is 5.33. The fourth-order valence-corrected chi connectivity index (χ4v) is 2.17. The molecular weight excluding hydrogens is 248 g/mol. The highest BCUT2D eigenvalue weighted by Crippen LogP contribution is 2.21. The maximum atomic E-state index is 10.9. The topological polar surface area (TPSA) is 41.1 Å². The molecule has 0 saturated carbocycles. The monoisotopic (exact) mass is 268 g/mol. The van der Waals surface area contributed by atoms with E-state index in [1.54, 1.807) is 0 Å². The van der Waals surface area contributed by atoms with Crippen LogP contribution in [0, 0.1) is 0 Å². The standard InChI is InChI=1S/C17H20N2O/c1-14(20)18-12-13-19-17(15-8-4-2-5-9-15)16-10-6-3-7-11-16/h2-11,17,19H,12-13H2,1H3,(H,18,20). The van der Waals surface area contributed by atoms with Gasteiger partial charge in [0.2, 0.25) is 5.91 Å². The fraction of sp³-hybridized carbons (Fsp3) is 0.235. The predicted molar refractivity (Wildman–Crippen MR) is 81.4 cm³/mol. The molecule has 1 amide bonds. The molecule has 0 bridgehead atoms. The molecule has 3 heteroatoms. The van der Waals surface area contributed by atoms with Crippen molar-refractivity contribution in [2.75, 3.05) is 13.1 Å². The fourth-order valence-electron chi connectivity index (χ4n) is 2.17. The lowest BCUT2D eigenvalue weighted by Gasteiger charge is -2.20. The zero-order valence-corrected chi connectivity index (χ0v) is 11.7. The van der Waals surface area contributed by atoms with Crippen molar-refractivity contribution < 1.29 is 4.79 Å². The third-order valence-corrected chi connectivity index (χ3v) is 3.11. The molecule has 0 radical (unpaired) electrons. The summed E-state index contributed by atoms with van der Waals surface area (Å²) in [6.07, 6.45) is 0. The van der Waals surface area contributed by atoms with Crippen LogP contribution in [0.15, 0.2) is 60.7 Å². The van der Waals surface area contributed by atoms with E-state index in [0.29, 0.717) is 6.54 Å². The highest BCUT2D eigenvalue weighted by Gasteiger charge is 2.12. The SMILES string of the molecule is CC(=O)NCCNC(c1ccccc1)c1ccccc1. The molecule has 0 aliphatic rings. The van der Waals surface area contributed by atoms with Crippen LogP contribution in [-0.4, -0.2) is 19.0 Å². The summed E-state index contributed by atoms with van der Waals surface area (Å²) in [5.74, 6) is 0.00257. The molecule has 0 saturated heterocycles. The van der Waals surface area contributed by atoms with E-state index in [4.69, 9.17) is 0 Å². The summed E-state index contributed by atoms with van der Waals surface area (Å²) < 4.78 is 0. The maximum absolute atomic E-state index is 10.9. The molecule has 2 aromatic carbocycles. The van der Waals surface area contributed by atoms with Crippen LogP contribution in [-0.2, 0) is 4.79 Å². The minimum Gasteiger partial charge on any atom is -0.355 e. The number of carbonyl (C=O) groups is 1. The van der Waals surface area contributed by atoms with Crippen LogP contribution < -0.4 is 10.6 Å². The summed E-state index contributed by atoms with van der Waals surface area (Å²) in [5, 5.41) is 6.30. The van der Waals surface area contributed by atoms with Crippen molar-refractivity contribution in [1.82, 2.24) is 10.6 Å². The Bertz CT molecular complexity index is 486. The van der Waals surface area contributed by atoms with Crippen molar-refractivity contribution in [3.63, 3.8) is 0 Å². The molecule has 0 aliphatic heterocycles. The first kappa shape index (κ1) is 14.3. The highest BCUT2D eigenvalue weighted by molar-refractivity contribution is 5.72. The third kappa shape index (κ3) is 4.21. The molecule has 0 atom stereocenters. The molecule has 2 rings (SSSR count). The van der Waals surface area contributed by atoms with Crippen LogP contribution in [0.1, 0.15) is 24.1 Å². The molecule has 0 fully saturated rings. The van der Waals surface area contributed by atoms with Gasteiger partial charge in [0.15, 0.2) is 0 Å². The van der Waals surface area contributed by atoms with E-state index >= 15 is 0 Å². The van der Waals surface area contributed by atoms with Gasteiger partial charge in [-0.15, -0.1) is 0 Å². The second kappa shape index (κ2) is 7.46. The number of rotatable bonds is 6. The Hall–Kier alpha value is -2.13. The van der Waals surface area contributed by atoms with Gasteiger partial charge in [-0.05, 0) is 11.1 Å². The molecule has 0 unspecified atom stereocenters. The summed E-state index contributed by atoms with van der Waals surface area (Å²) in [5.41, 5.74) is 2.45. The summed E-state index contributed by atoms with van der Waals surface area (Å²) in [7, 11) is 0. The van der Waals surface area contributed by atoms with Gasteiger partial charge >= 0.3 is 0 Å². The van der Waals surface area contributed by atoms with Crippen LogP contribution >= 0.6 is 0 Å². The first-order chi connectivity index (χ1) is 9.77. The Morgan fingerprint density at radius 2 is 1.40 bits per heavy atom. The van der Waals surface area contributed by atoms with Gasteiger partial charge in [0.1, 0.15) is 0 Å². The van der Waals surface area contributed by atoms with E-state index in [9.17, 15) is 4.79 Å². The average molecular weight is 268 g/mol. The molecule has 2 N–H and O–H groups in total. The lowest BCUT2D eigenvalue weighted by atomic mass is 9.99. The lowest BCUT2D eigenvalue weighted by molar-refractivity contribution is -0.118. The molecule has 104 valence electrons. The van der Waals surface area contributed by atoms with Crippen molar-refractivity contribution in [3.05, 3.63) is 71.8 Å². The second-order valence-corrected chi connectivity index (χ2v) is 4.69. The van der Waals surface area contributed by atoms with E-state index in [0.717, 1.165) is 6.54 Å². The highest BCUT2D eigenvalue weighted by atomic mass is 16.1. The second-order valence-electron chi connectivity index (χ2n) is 4.69. The van der Waals surface area contributed by atoms with Crippen LogP contribution in [0.2, 0.25) is 0 Å². The van der Waals surface area contributed by atoms with E-state index in [2.05, 4.69) is 34.9 Å². The van der Waals surface area contributed by atoms with Crippen LogP contribution in [0.4, 0.5) is 0 Å². The van der Waals surface area contributed by atoms with E-state index in [1.165, 1.54) is 18.1 Å². The van der Waals surface area contributed by atoms with Gasteiger partial charge in [0.25, 0.3) is 0 Å². The average Bonchev–Trinajstić information content (AvgIpc) is 2.49. The Labute approximate surface area is 120 Å². The predicted octanol–water partition coefficient (Wildman–Crippen LogP) is 2.50. The normalized spacial score (nSPS) is 10.5. The van der Waals surface area contributed by atoms with E-state index in [-0.39, 0.29) is 11.9 Å². The molecule has 3 nitrogen and oxygen atoms in total. The minimum atomic E-state index is 0.00257. The van der Waals surface area contributed by atoms with Crippen molar-refractivity contribution in [2.24, 2.45) is 0 Å². The Morgan fingerprint density at radius 3 is 1.85 bits per heavy atom. The van der Waals surface area contributed by atoms with E-state index in [1.807, 2.05) is 36.4 Å².